The van der Waals surface area contributed by atoms with Crippen molar-refractivity contribution in [2.24, 2.45) is 0 Å². The third kappa shape index (κ3) is 3.91. The first-order valence-electron chi connectivity index (χ1n) is 15.7. The normalized spacial score (nSPS) is 13.0. The van der Waals surface area contributed by atoms with Crippen molar-refractivity contribution in [2.45, 2.75) is 25.7 Å². The van der Waals surface area contributed by atoms with Crippen LogP contribution in [0.1, 0.15) is 40.3 Å². The molecule has 0 nitrogen and oxygen atoms in total. The van der Waals surface area contributed by atoms with Crippen LogP contribution in [0.25, 0.3) is 44.2 Å². The van der Waals surface area contributed by atoms with Gasteiger partial charge in [0.05, 0.1) is 5.41 Å². The van der Waals surface area contributed by atoms with Gasteiger partial charge in [0.25, 0.3) is 0 Å². The van der Waals surface area contributed by atoms with Crippen molar-refractivity contribution in [1.82, 2.24) is 0 Å². The first kappa shape index (κ1) is 26.4. The van der Waals surface area contributed by atoms with E-state index in [9.17, 15) is 0 Å². The van der Waals surface area contributed by atoms with Crippen LogP contribution in [0.2, 0.25) is 0 Å². The smallest absolute Gasteiger partial charge is 0.0622 e. The number of aryl methyl sites for hydroxylation is 2. The summed E-state index contributed by atoms with van der Waals surface area (Å²) in [5.74, 6) is 0. The molecule has 0 saturated carbocycles. The molecule has 0 N–H and O–H groups in total. The van der Waals surface area contributed by atoms with Crippen molar-refractivity contribution in [3.63, 3.8) is 0 Å². The minimum Gasteiger partial charge on any atom is -0.0622 e. The van der Waals surface area contributed by atoms with Crippen molar-refractivity contribution in [3.8, 4) is 33.4 Å². The molecule has 0 unspecified atom stereocenters. The molecule has 0 bridgehead atoms. The SMILES string of the molecule is CCc1cccc(-c2ccc3c(c2)C(c2ccccc2)(c2ccccc2)c2ccccc2-3)c1-c1cc2ccccc2cc1C. The van der Waals surface area contributed by atoms with E-state index in [0.717, 1.165) is 6.42 Å². The Kier molecular flexibility index (Phi) is 6.31. The summed E-state index contributed by atoms with van der Waals surface area (Å²) in [6, 6.07) is 58.6. The second-order valence-corrected chi connectivity index (χ2v) is 12.0. The van der Waals surface area contributed by atoms with Crippen LogP contribution in [0, 0.1) is 6.92 Å². The molecule has 7 aromatic carbocycles. The maximum absolute atomic E-state index is 2.49. The summed E-state index contributed by atoms with van der Waals surface area (Å²) in [5.41, 5.74) is 15.4. The fourth-order valence-electron chi connectivity index (χ4n) is 7.69. The molecular formula is C44H34. The Labute approximate surface area is 260 Å². The zero-order valence-electron chi connectivity index (χ0n) is 25.2. The Morgan fingerprint density at radius 2 is 1.05 bits per heavy atom. The van der Waals surface area contributed by atoms with Crippen molar-refractivity contribution in [1.29, 1.82) is 0 Å². The summed E-state index contributed by atoms with van der Waals surface area (Å²) in [5, 5.41) is 2.57. The van der Waals surface area contributed by atoms with Crippen molar-refractivity contribution in [2.75, 3.05) is 0 Å². The molecule has 0 radical (unpaired) electrons. The zero-order chi connectivity index (χ0) is 29.7. The number of rotatable bonds is 5. The largest absolute Gasteiger partial charge is 0.0713 e. The first-order chi connectivity index (χ1) is 21.7. The zero-order valence-corrected chi connectivity index (χ0v) is 25.2. The van der Waals surface area contributed by atoms with Gasteiger partial charge in [0.15, 0.2) is 0 Å². The fraction of sp³-hybridized carbons (Fsp3) is 0.0909. The van der Waals surface area contributed by atoms with E-state index < -0.39 is 5.41 Å². The lowest BCUT2D eigenvalue weighted by Crippen LogP contribution is -2.28. The number of hydrogen-bond donors (Lipinski definition) is 0. The van der Waals surface area contributed by atoms with Crippen LogP contribution in [-0.4, -0.2) is 0 Å². The van der Waals surface area contributed by atoms with Gasteiger partial charge in [0.2, 0.25) is 0 Å². The lowest BCUT2D eigenvalue weighted by Gasteiger charge is -2.34. The Morgan fingerprint density at radius 1 is 0.455 bits per heavy atom. The summed E-state index contributed by atoms with van der Waals surface area (Å²) in [6.07, 6.45) is 0.976. The Bertz CT molecular complexity index is 2110. The Balaban J connectivity index is 1.43. The molecule has 0 heterocycles. The minimum absolute atomic E-state index is 0.411. The third-order valence-electron chi connectivity index (χ3n) is 9.66. The van der Waals surface area contributed by atoms with E-state index in [0.29, 0.717) is 0 Å². The second-order valence-electron chi connectivity index (χ2n) is 12.0. The third-order valence-corrected chi connectivity index (χ3v) is 9.66. The summed E-state index contributed by atoms with van der Waals surface area (Å²) in [7, 11) is 0. The van der Waals surface area contributed by atoms with Gasteiger partial charge in [-0.2, -0.15) is 0 Å². The Morgan fingerprint density at radius 3 is 1.75 bits per heavy atom. The van der Waals surface area contributed by atoms with Crippen LogP contribution >= 0.6 is 0 Å². The van der Waals surface area contributed by atoms with Crippen LogP contribution in [0.3, 0.4) is 0 Å². The van der Waals surface area contributed by atoms with E-state index >= 15 is 0 Å². The maximum Gasteiger partial charge on any atom is 0.0713 e. The van der Waals surface area contributed by atoms with Crippen LogP contribution in [0.5, 0.6) is 0 Å². The van der Waals surface area contributed by atoms with E-state index in [1.807, 2.05) is 0 Å². The molecule has 1 aliphatic rings. The molecule has 0 amide bonds. The topological polar surface area (TPSA) is 0 Å². The quantitative estimate of drug-likeness (QED) is 0.196. The number of fused-ring (bicyclic) bond motifs is 4. The van der Waals surface area contributed by atoms with Crippen LogP contribution < -0.4 is 0 Å². The van der Waals surface area contributed by atoms with Crippen LogP contribution in [0.15, 0.2) is 158 Å². The van der Waals surface area contributed by atoms with Crippen LogP contribution in [0.4, 0.5) is 0 Å². The monoisotopic (exact) mass is 562 g/mol. The lowest BCUT2D eigenvalue weighted by molar-refractivity contribution is 0.769. The molecule has 0 atom stereocenters. The van der Waals surface area contributed by atoms with E-state index in [1.165, 1.54) is 77.5 Å². The molecule has 0 fully saturated rings. The van der Waals surface area contributed by atoms with Gasteiger partial charge in [0.1, 0.15) is 0 Å². The van der Waals surface area contributed by atoms with Crippen molar-refractivity contribution in [3.05, 3.63) is 191 Å². The van der Waals surface area contributed by atoms with Gasteiger partial charge < -0.3 is 0 Å². The van der Waals surface area contributed by atoms with Gasteiger partial charge in [-0.1, -0.05) is 153 Å². The predicted octanol–water partition coefficient (Wildman–Crippen LogP) is 11.4. The standard InChI is InChI=1S/C44H34/c1-3-31-17-14-23-37(43(31)40-28-33-16-11-10-15-32(33)27-30(40)2)34-25-26-39-38-22-12-13-24-41(38)44(42(39)29-34,35-18-6-4-7-19-35)36-20-8-5-9-21-36/h4-29H,3H2,1-2H3. The van der Waals surface area contributed by atoms with Gasteiger partial charge >= 0.3 is 0 Å². The van der Waals surface area contributed by atoms with E-state index in [1.54, 1.807) is 0 Å². The molecule has 0 heteroatoms. The number of benzene rings is 7. The molecule has 1 aliphatic carbocycles. The molecular weight excluding hydrogens is 528 g/mol. The summed E-state index contributed by atoms with van der Waals surface area (Å²) in [6.45, 7) is 4.53. The van der Waals surface area contributed by atoms with Gasteiger partial charge in [-0.15, -0.1) is 0 Å². The molecule has 0 saturated heterocycles. The fourth-order valence-corrected chi connectivity index (χ4v) is 7.69. The van der Waals surface area contributed by atoms with Crippen molar-refractivity contribution >= 4 is 10.8 Å². The summed E-state index contributed by atoms with van der Waals surface area (Å²) < 4.78 is 0. The maximum atomic E-state index is 2.49. The molecule has 44 heavy (non-hydrogen) atoms. The average molecular weight is 563 g/mol. The highest BCUT2D eigenvalue weighted by Gasteiger charge is 2.46. The summed E-state index contributed by atoms with van der Waals surface area (Å²) >= 11 is 0. The molecule has 0 aromatic heterocycles. The molecule has 7 aromatic rings. The highest BCUT2D eigenvalue weighted by molar-refractivity contribution is 5.96. The average Bonchev–Trinajstić information content (AvgIpc) is 3.39. The first-order valence-corrected chi connectivity index (χ1v) is 15.7. The lowest BCUT2D eigenvalue weighted by atomic mass is 9.67. The molecule has 0 spiro atoms. The van der Waals surface area contributed by atoms with E-state index in [4.69, 9.17) is 0 Å². The van der Waals surface area contributed by atoms with Crippen molar-refractivity contribution < 1.29 is 0 Å². The minimum atomic E-state index is -0.411. The second kappa shape index (κ2) is 10.5. The summed E-state index contributed by atoms with van der Waals surface area (Å²) in [4.78, 5) is 0. The molecule has 0 aliphatic heterocycles. The number of hydrogen-bond acceptors (Lipinski definition) is 0. The van der Waals surface area contributed by atoms with Crippen LogP contribution in [-0.2, 0) is 11.8 Å². The highest BCUT2D eigenvalue weighted by Crippen LogP contribution is 2.57. The molecule has 8 rings (SSSR count). The van der Waals surface area contributed by atoms with E-state index in [-0.39, 0.29) is 0 Å². The molecule has 210 valence electrons. The predicted molar refractivity (Wildman–Crippen MR) is 186 cm³/mol. The van der Waals surface area contributed by atoms with Gasteiger partial charge in [-0.3, -0.25) is 0 Å². The van der Waals surface area contributed by atoms with Gasteiger partial charge in [0, 0.05) is 0 Å². The van der Waals surface area contributed by atoms with Gasteiger partial charge in [-0.25, -0.2) is 0 Å². The van der Waals surface area contributed by atoms with Gasteiger partial charge in [-0.05, 0) is 103 Å². The van der Waals surface area contributed by atoms with E-state index in [2.05, 4.69) is 172 Å². The highest BCUT2D eigenvalue weighted by atomic mass is 14.5. The Hall–Kier alpha value is -5.20.